The first kappa shape index (κ1) is 18.8. The standard InChI is InChI=1S/C12H23NO7/c1-2-3-4-5-6-13-11(18)9(16)7(14)8(15)10(17)12(19)20/h7-10,14-17H,2-6H2,1H3,(H,13,18)(H,19,20)/t7-,8+,9+,10-/m1/s1. The monoisotopic (exact) mass is 293 g/mol. The fraction of sp³-hybridized carbons (Fsp3) is 0.833. The van der Waals surface area contributed by atoms with Gasteiger partial charge in [0, 0.05) is 6.54 Å². The molecule has 20 heavy (non-hydrogen) atoms. The van der Waals surface area contributed by atoms with Gasteiger partial charge in [0.1, 0.15) is 12.2 Å². The number of aliphatic carboxylic acids is 1. The van der Waals surface area contributed by atoms with Gasteiger partial charge in [-0.25, -0.2) is 4.79 Å². The Hall–Kier alpha value is -1.22. The Bertz CT molecular complexity index is 310. The summed E-state index contributed by atoms with van der Waals surface area (Å²) in [5.41, 5.74) is 0. The molecule has 0 aromatic heterocycles. The Morgan fingerprint density at radius 2 is 1.50 bits per heavy atom. The van der Waals surface area contributed by atoms with Crippen LogP contribution < -0.4 is 5.32 Å². The van der Waals surface area contributed by atoms with Crippen LogP contribution in [-0.4, -0.2) is 68.4 Å². The molecule has 0 spiro atoms. The van der Waals surface area contributed by atoms with Gasteiger partial charge in [0.05, 0.1) is 0 Å². The summed E-state index contributed by atoms with van der Waals surface area (Å²) in [4.78, 5) is 21.9. The Morgan fingerprint density at radius 1 is 0.950 bits per heavy atom. The second kappa shape index (κ2) is 9.65. The number of rotatable bonds is 10. The molecule has 0 aromatic carbocycles. The van der Waals surface area contributed by atoms with E-state index in [2.05, 4.69) is 5.32 Å². The third kappa shape index (κ3) is 6.29. The lowest BCUT2D eigenvalue weighted by atomic mass is 10.0. The number of unbranched alkanes of at least 4 members (excludes halogenated alkanes) is 3. The van der Waals surface area contributed by atoms with Crippen LogP contribution in [0, 0.1) is 0 Å². The number of carbonyl (C=O) groups excluding carboxylic acids is 1. The summed E-state index contributed by atoms with van der Waals surface area (Å²) in [6.07, 6.45) is -4.86. The normalized spacial score (nSPS) is 17.1. The number of aliphatic hydroxyl groups is 4. The highest BCUT2D eigenvalue weighted by Gasteiger charge is 2.37. The highest BCUT2D eigenvalue weighted by atomic mass is 16.4. The second-order valence-corrected chi connectivity index (χ2v) is 4.56. The van der Waals surface area contributed by atoms with E-state index in [1.165, 1.54) is 0 Å². The Kier molecular flexibility index (Phi) is 9.06. The number of carboxylic acids is 1. The van der Waals surface area contributed by atoms with E-state index in [1.54, 1.807) is 0 Å². The number of hydrogen-bond donors (Lipinski definition) is 6. The molecule has 0 aliphatic rings. The molecule has 8 nitrogen and oxygen atoms in total. The third-order valence-electron chi connectivity index (χ3n) is 2.85. The molecule has 118 valence electrons. The highest BCUT2D eigenvalue weighted by molar-refractivity contribution is 5.81. The first-order valence-electron chi connectivity index (χ1n) is 6.55. The Morgan fingerprint density at radius 3 is 2.00 bits per heavy atom. The summed E-state index contributed by atoms with van der Waals surface area (Å²) < 4.78 is 0. The smallest absolute Gasteiger partial charge is 0.335 e. The average Bonchev–Trinajstić information content (AvgIpc) is 2.43. The van der Waals surface area contributed by atoms with Crippen LogP contribution in [-0.2, 0) is 9.59 Å². The van der Waals surface area contributed by atoms with E-state index in [-0.39, 0.29) is 0 Å². The van der Waals surface area contributed by atoms with Crippen LogP contribution in [0.25, 0.3) is 0 Å². The molecule has 0 saturated carbocycles. The largest absolute Gasteiger partial charge is 0.479 e. The molecule has 0 fully saturated rings. The summed E-state index contributed by atoms with van der Waals surface area (Å²) in [6.45, 7) is 2.34. The topological polar surface area (TPSA) is 147 Å². The van der Waals surface area contributed by atoms with E-state index in [0.717, 1.165) is 19.3 Å². The Labute approximate surface area is 117 Å². The molecule has 0 aromatic rings. The molecule has 8 heteroatoms. The van der Waals surface area contributed by atoms with Gasteiger partial charge in [-0.05, 0) is 6.42 Å². The first-order valence-corrected chi connectivity index (χ1v) is 6.55. The predicted molar refractivity (Wildman–Crippen MR) is 68.8 cm³/mol. The second-order valence-electron chi connectivity index (χ2n) is 4.56. The van der Waals surface area contributed by atoms with Crippen molar-refractivity contribution < 1.29 is 35.1 Å². The van der Waals surface area contributed by atoms with Crippen LogP contribution >= 0.6 is 0 Å². The lowest BCUT2D eigenvalue weighted by molar-refractivity contribution is -0.166. The van der Waals surface area contributed by atoms with Crippen LogP contribution in [0.2, 0.25) is 0 Å². The van der Waals surface area contributed by atoms with Crippen molar-refractivity contribution in [3.8, 4) is 0 Å². The molecular formula is C12H23NO7. The maximum absolute atomic E-state index is 11.5. The summed E-state index contributed by atoms with van der Waals surface area (Å²) in [5.74, 6) is -2.69. The number of amides is 1. The van der Waals surface area contributed by atoms with Crippen molar-refractivity contribution in [1.29, 1.82) is 0 Å². The number of nitrogens with one attached hydrogen (secondary N) is 1. The third-order valence-corrected chi connectivity index (χ3v) is 2.85. The van der Waals surface area contributed by atoms with Gasteiger partial charge in [-0.1, -0.05) is 26.2 Å². The zero-order chi connectivity index (χ0) is 15.7. The average molecular weight is 293 g/mol. The van der Waals surface area contributed by atoms with Crippen molar-refractivity contribution in [2.75, 3.05) is 6.54 Å². The van der Waals surface area contributed by atoms with Gasteiger partial charge in [-0.15, -0.1) is 0 Å². The molecule has 4 atom stereocenters. The minimum atomic E-state index is -2.28. The van der Waals surface area contributed by atoms with Crippen molar-refractivity contribution in [2.24, 2.45) is 0 Å². The lowest BCUT2D eigenvalue weighted by Gasteiger charge is -2.23. The van der Waals surface area contributed by atoms with Gasteiger partial charge in [0.25, 0.3) is 5.91 Å². The van der Waals surface area contributed by atoms with Crippen molar-refractivity contribution in [1.82, 2.24) is 5.32 Å². The van der Waals surface area contributed by atoms with Crippen LogP contribution in [0.1, 0.15) is 32.6 Å². The van der Waals surface area contributed by atoms with E-state index in [1.807, 2.05) is 6.92 Å². The molecule has 0 radical (unpaired) electrons. The van der Waals surface area contributed by atoms with E-state index in [4.69, 9.17) is 10.2 Å². The molecule has 0 aliphatic heterocycles. The van der Waals surface area contributed by atoms with Crippen LogP contribution in [0.3, 0.4) is 0 Å². The molecule has 0 saturated heterocycles. The minimum Gasteiger partial charge on any atom is -0.479 e. The van der Waals surface area contributed by atoms with E-state index in [0.29, 0.717) is 13.0 Å². The highest BCUT2D eigenvalue weighted by Crippen LogP contribution is 2.06. The Balaban J connectivity index is 4.18. The number of carbonyl (C=O) groups is 2. The summed E-state index contributed by atoms with van der Waals surface area (Å²) in [5, 5.41) is 48.0. The molecule has 0 unspecified atom stereocenters. The van der Waals surface area contributed by atoms with E-state index in [9.17, 15) is 24.9 Å². The minimum absolute atomic E-state index is 0.306. The van der Waals surface area contributed by atoms with Crippen LogP contribution in [0.4, 0.5) is 0 Å². The zero-order valence-electron chi connectivity index (χ0n) is 11.4. The van der Waals surface area contributed by atoms with E-state index < -0.39 is 36.3 Å². The van der Waals surface area contributed by atoms with Crippen LogP contribution in [0.5, 0.6) is 0 Å². The summed E-state index contributed by atoms with van der Waals surface area (Å²) in [7, 11) is 0. The fourth-order valence-corrected chi connectivity index (χ4v) is 1.54. The number of aliphatic hydroxyl groups excluding tert-OH is 4. The fourth-order valence-electron chi connectivity index (χ4n) is 1.54. The summed E-state index contributed by atoms with van der Waals surface area (Å²) >= 11 is 0. The molecular weight excluding hydrogens is 270 g/mol. The van der Waals surface area contributed by atoms with Gasteiger partial charge in [0.2, 0.25) is 0 Å². The van der Waals surface area contributed by atoms with Crippen molar-refractivity contribution in [3.63, 3.8) is 0 Å². The van der Waals surface area contributed by atoms with Crippen LogP contribution in [0.15, 0.2) is 0 Å². The first-order chi connectivity index (χ1) is 9.32. The molecule has 6 N–H and O–H groups in total. The molecule has 1 amide bonds. The summed E-state index contributed by atoms with van der Waals surface area (Å²) in [6, 6.07) is 0. The molecule has 0 heterocycles. The van der Waals surface area contributed by atoms with Gasteiger partial charge >= 0.3 is 5.97 Å². The van der Waals surface area contributed by atoms with Gasteiger partial charge in [-0.2, -0.15) is 0 Å². The predicted octanol–water partition coefficient (Wildman–Crippen LogP) is -1.79. The van der Waals surface area contributed by atoms with Gasteiger partial charge < -0.3 is 30.8 Å². The maximum atomic E-state index is 11.5. The SMILES string of the molecule is CCCCCCNC(=O)[C@@H](O)[C@H](O)[C@H](O)[C@@H](O)C(=O)O. The van der Waals surface area contributed by atoms with E-state index >= 15 is 0 Å². The zero-order valence-corrected chi connectivity index (χ0v) is 11.4. The molecule has 0 bridgehead atoms. The van der Waals surface area contributed by atoms with Crippen molar-refractivity contribution in [2.45, 2.75) is 57.0 Å². The van der Waals surface area contributed by atoms with Gasteiger partial charge in [-0.3, -0.25) is 4.79 Å². The number of carboxylic acid groups (broad SMARTS) is 1. The molecule has 0 rings (SSSR count). The van der Waals surface area contributed by atoms with Gasteiger partial charge in [0.15, 0.2) is 12.2 Å². The number of hydrogen-bond acceptors (Lipinski definition) is 6. The molecule has 0 aliphatic carbocycles. The van der Waals surface area contributed by atoms with Crippen molar-refractivity contribution in [3.05, 3.63) is 0 Å². The lowest BCUT2D eigenvalue weighted by Crippen LogP contribution is -2.52. The maximum Gasteiger partial charge on any atom is 0.335 e. The van der Waals surface area contributed by atoms with Crippen molar-refractivity contribution >= 4 is 11.9 Å². The quantitative estimate of drug-likeness (QED) is 0.261.